The molecular formula is C36H37F6N8P. The second kappa shape index (κ2) is 15.9. The van der Waals surface area contributed by atoms with Crippen molar-refractivity contribution in [3.05, 3.63) is 120 Å². The third kappa shape index (κ3) is 11.5. The first-order valence-electron chi connectivity index (χ1n) is 15.6. The Balaban J connectivity index is 0.000000175. The number of aromatic amines is 2. The molecular weight excluding hydrogens is 689 g/mol. The SMILES string of the molecule is CC(C)(C)c1ccnc(-c2n[nH]c(C(F)(F)F)n2)c1.CC(C)(C)c1ccnc(-c2n[nH]c(C(F)(F)F)n2)c1.c1ccc(Pc2ccccc2)cc1. The fourth-order valence-electron chi connectivity index (χ4n) is 4.25. The van der Waals surface area contributed by atoms with E-state index in [4.69, 9.17) is 0 Å². The molecule has 0 atom stereocenters. The zero-order chi connectivity index (χ0) is 37.5. The highest BCUT2D eigenvalue weighted by atomic mass is 31.1. The molecule has 6 aromatic rings. The van der Waals surface area contributed by atoms with Gasteiger partial charge in [-0.15, -0.1) is 0 Å². The van der Waals surface area contributed by atoms with Gasteiger partial charge in [0, 0.05) is 12.4 Å². The number of nitrogens with one attached hydrogen (secondary N) is 2. The van der Waals surface area contributed by atoms with Gasteiger partial charge in [-0.2, -0.15) is 36.5 Å². The number of halogens is 6. The maximum absolute atomic E-state index is 12.4. The molecule has 4 aromatic heterocycles. The highest BCUT2D eigenvalue weighted by Gasteiger charge is 2.36. The first kappa shape index (κ1) is 38.8. The van der Waals surface area contributed by atoms with E-state index in [1.54, 1.807) is 24.5 Å². The molecule has 0 radical (unpaired) electrons. The lowest BCUT2D eigenvalue weighted by molar-refractivity contribution is -0.145. The number of H-pyrrole nitrogens is 2. The minimum absolute atomic E-state index is 0.0570. The highest BCUT2D eigenvalue weighted by Crippen LogP contribution is 2.30. The van der Waals surface area contributed by atoms with E-state index >= 15 is 0 Å². The number of pyridine rings is 2. The molecule has 2 N–H and O–H groups in total. The first-order valence-corrected chi connectivity index (χ1v) is 16.6. The van der Waals surface area contributed by atoms with Gasteiger partial charge >= 0.3 is 12.4 Å². The summed E-state index contributed by atoms with van der Waals surface area (Å²) in [7, 11) is 0.777. The quantitative estimate of drug-likeness (QED) is 0.139. The molecule has 2 aromatic carbocycles. The first-order chi connectivity index (χ1) is 23.8. The standard InChI is InChI=1S/2C12H13F3N4.C12H11P/c2*1-11(2,3)7-4-5-16-8(6-7)9-17-10(19-18-9)12(13,14)15;1-3-7-11(8-4-1)13-12-9-5-2-6-10-12/h2*4-6H,1-3H3,(H,17,18,19);1-10,13H. The van der Waals surface area contributed by atoms with Crippen LogP contribution in [0.4, 0.5) is 26.3 Å². The Hall–Kier alpha value is -4.97. The van der Waals surface area contributed by atoms with Crippen molar-refractivity contribution in [3.63, 3.8) is 0 Å². The van der Waals surface area contributed by atoms with E-state index in [0.717, 1.165) is 19.7 Å². The molecule has 0 aliphatic heterocycles. The van der Waals surface area contributed by atoms with Crippen LogP contribution in [0.25, 0.3) is 23.0 Å². The van der Waals surface area contributed by atoms with Crippen LogP contribution < -0.4 is 10.6 Å². The van der Waals surface area contributed by atoms with Crippen LogP contribution in [-0.4, -0.2) is 40.3 Å². The van der Waals surface area contributed by atoms with Gasteiger partial charge in [0.25, 0.3) is 0 Å². The molecule has 0 bridgehead atoms. The molecule has 0 saturated heterocycles. The summed E-state index contributed by atoms with van der Waals surface area (Å²) >= 11 is 0. The lowest BCUT2D eigenvalue weighted by atomic mass is 9.87. The molecule has 8 nitrogen and oxygen atoms in total. The van der Waals surface area contributed by atoms with Crippen LogP contribution in [-0.2, 0) is 23.2 Å². The average molecular weight is 727 g/mol. The summed E-state index contributed by atoms with van der Waals surface area (Å²) in [5.74, 6) is -2.35. The van der Waals surface area contributed by atoms with Crippen molar-refractivity contribution in [2.75, 3.05) is 0 Å². The van der Waals surface area contributed by atoms with Crippen molar-refractivity contribution in [2.45, 2.75) is 64.7 Å². The molecule has 4 heterocycles. The van der Waals surface area contributed by atoms with E-state index in [9.17, 15) is 26.3 Å². The van der Waals surface area contributed by atoms with E-state index in [1.165, 1.54) is 10.6 Å². The third-order valence-electron chi connectivity index (χ3n) is 7.05. The second-order valence-corrected chi connectivity index (χ2v) is 14.6. The van der Waals surface area contributed by atoms with Crippen molar-refractivity contribution >= 4 is 19.2 Å². The Morgan fingerprint density at radius 3 is 1.16 bits per heavy atom. The van der Waals surface area contributed by atoms with Crippen molar-refractivity contribution in [1.82, 2.24) is 40.3 Å². The van der Waals surface area contributed by atoms with Gasteiger partial charge in [-0.25, -0.2) is 9.97 Å². The van der Waals surface area contributed by atoms with Gasteiger partial charge in [0.2, 0.25) is 11.6 Å². The molecule has 6 rings (SSSR count). The molecule has 0 spiro atoms. The molecule has 0 aliphatic rings. The lowest BCUT2D eigenvalue weighted by Gasteiger charge is -2.18. The van der Waals surface area contributed by atoms with Crippen LogP contribution in [0.15, 0.2) is 97.3 Å². The Morgan fingerprint density at radius 2 is 0.863 bits per heavy atom. The summed E-state index contributed by atoms with van der Waals surface area (Å²) in [5, 5.41) is 13.7. The second-order valence-electron chi connectivity index (χ2n) is 13.2. The van der Waals surface area contributed by atoms with E-state index < -0.39 is 24.0 Å². The van der Waals surface area contributed by atoms with E-state index in [2.05, 4.69) is 90.8 Å². The Kier molecular flexibility index (Phi) is 12.1. The summed E-state index contributed by atoms with van der Waals surface area (Å²) in [6.45, 7) is 12.0. The van der Waals surface area contributed by atoms with Gasteiger partial charge in [-0.05, 0) is 56.8 Å². The number of alkyl halides is 6. The third-order valence-corrected chi connectivity index (χ3v) is 8.30. The van der Waals surface area contributed by atoms with Gasteiger partial charge in [0.1, 0.15) is 11.4 Å². The van der Waals surface area contributed by atoms with Gasteiger partial charge in [0.15, 0.2) is 11.6 Å². The lowest BCUT2D eigenvalue weighted by Crippen LogP contribution is -2.11. The van der Waals surface area contributed by atoms with Crippen molar-refractivity contribution < 1.29 is 26.3 Å². The minimum Gasteiger partial charge on any atom is -0.255 e. The zero-order valence-corrected chi connectivity index (χ0v) is 29.7. The molecule has 0 fully saturated rings. The Labute approximate surface area is 293 Å². The van der Waals surface area contributed by atoms with Crippen molar-refractivity contribution in [1.29, 1.82) is 0 Å². The molecule has 0 aliphatic carbocycles. The van der Waals surface area contributed by atoms with E-state index in [1.807, 2.05) is 63.9 Å². The van der Waals surface area contributed by atoms with E-state index in [0.29, 0.717) is 11.4 Å². The molecule has 51 heavy (non-hydrogen) atoms. The largest absolute Gasteiger partial charge is 0.451 e. The molecule has 0 amide bonds. The maximum atomic E-state index is 12.4. The fraction of sp³-hybridized carbons (Fsp3) is 0.278. The fourth-order valence-corrected chi connectivity index (χ4v) is 5.31. The van der Waals surface area contributed by atoms with Crippen LogP contribution >= 0.6 is 8.58 Å². The zero-order valence-electron chi connectivity index (χ0n) is 28.7. The van der Waals surface area contributed by atoms with Crippen LogP contribution in [0.1, 0.15) is 64.3 Å². The molecule has 15 heteroatoms. The number of hydrogen-bond acceptors (Lipinski definition) is 6. The normalized spacial score (nSPS) is 12.0. The van der Waals surface area contributed by atoms with Gasteiger partial charge < -0.3 is 0 Å². The molecule has 0 unspecified atom stereocenters. The maximum Gasteiger partial charge on any atom is 0.451 e. The van der Waals surface area contributed by atoms with E-state index in [-0.39, 0.29) is 22.5 Å². The monoisotopic (exact) mass is 726 g/mol. The summed E-state index contributed by atoms with van der Waals surface area (Å²) in [4.78, 5) is 14.9. The summed E-state index contributed by atoms with van der Waals surface area (Å²) in [5.41, 5.74) is 2.30. The van der Waals surface area contributed by atoms with Crippen LogP contribution in [0.2, 0.25) is 0 Å². The summed E-state index contributed by atoms with van der Waals surface area (Å²) in [6.07, 6.45) is -5.99. The molecule has 268 valence electrons. The summed E-state index contributed by atoms with van der Waals surface area (Å²) in [6, 6.07) is 28.2. The van der Waals surface area contributed by atoms with Crippen molar-refractivity contribution in [3.8, 4) is 23.0 Å². The van der Waals surface area contributed by atoms with Gasteiger partial charge in [-0.1, -0.05) is 111 Å². The Bertz CT molecular complexity index is 1830. The predicted molar refractivity (Wildman–Crippen MR) is 187 cm³/mol. The average Bonchev–Trinajstić information content (AvgIpc) is 3.78. The number of hydrogen-bond donors (Lipinski definition) is 2. The highest BCUT2D eigenvalue weighted by molar-refractivity contribution is 7.55. The number of benzene rings is 2. The molecule has 0 saturated carbocycles. The smallest absolute Gasteiger partial charge is 0.255 e. The van der Waals surface area contributed by atoms with Gasteiger partial charge in [-0.3, -0.25) is 20.2 Å². The number of rotatable bonds is 4. The van der Waals surface area contributed by atoms with Gasteiger partial charge in [0.05, 0.1) is 0 Å². The van der Waals surface area contributed by atoms with Crippen LogP contribution in [0.5, 0.6) is 0 Å². The topological polar surface area (TPSA) is 109 Å². The minimum atomic E-state index is -4.53. The van der Waals surface area contributed by atoms with Crippen LogP contribution in [0.3, 0.4) is 0 Å². The van der Waals surface area contributed by atoms with Crippen molar-refractivity contribution in [2.24, 2.45) is 0 Å². The number of nitrogens with zero attached hydrogens (tertiary/aromatic N) is 6. The van der Waals surface area contributed by atoms with Crippen LogP contribution in [0, 0.1) is 0 Å². The Morgan fingerprint density at radius 1 is 0.510 bits per heavy atom. The number of aromatic nitrogens is 8. The predicted octanol–water partition coefficient (Wildman–Crippen LogP) is 8.68. The summed E-state index contributed by atoms with van der Waals surface area (Å²) < 4.78 is 74.6.